The second-order valence-electron chi connectivity index (χ2n) is 6.18. The van der Waals surface area contributed by atoms with Crippen LogP contribution in [0.1, 0.15) is 35.1 Å². The first-order chi connectivity index (χ1) is 10.5. The predicted octanol–water partition coefficient (Wildman–Crippen LogP) is 4.49. The van der Waals surface area contributed by atoms with E-state index in [-0.39, 0.29) is 17.4 Å². The number of amides is 1. The number of carbonyl (C=O) groups excluding carboxylic acids is 1. The Morgan fingerprint density at radius 2 is 1.95 bits per heavy atom. The van der Waals surface area contributed by atoms with Crippen LogP contribution in [0, 0.1) is 6.92 Å². The predicted molar refractivity (Wildman–Crippen MR) is 92.7 cm³/mol. The van der Waals surface area contributed by atoms with Gasteiger partial charge in [-0.05, 0) is 56.5 Å². The number of aryl methyl sites for hydroxylation is 1. The Bertz CT molecular complexity index is 673. The highest BCUT2D eigenvalue weighted by Crippen LogP contribution is 2.48. The second kappa shape index (κ2) is 6.05. The molecule has 0 bridgehead atoms. The zero-order chi connectivity index (χ0) is 15.7. The van der Waals surface area contributed by atoms with Crippen LogP contribution in [0.5, 0.6) is 0 Å². The SMILES string of the molecule is Cc1ccc(CC(C)NC(=O)C2(c3ccc(Cl)cc3)CC2)s1. The third kappa shape index (κ3) is 3.21. The van der Waals surface area contributed by atoms with Gasteiger partial charge in [-0.3, -0.25) is 4.79 Å². The highest BCUT2D eigenvalue weighted by atomic mass is 35.5. The van der Waals surface area contributed by atoms with E-state index in [0.717, 1.165) is 24.8 Å². The Kier molecular flexibility index (Phi) is 4.28. The molecule has 2 aromatic rings. The molecule has 116 valence electrons. The monoisotopic (exact) mass is 333 g/mol. The van der Waals surface area contributed by atoms with Crippen LogP contribution in [0.3, 0.4) is 0 Å². The molecule has 0 saturated heterocycles. The number of benzene rings is 1. The van der Waals surface area contributed by atoms with Gasteiger partial charge in [-0.15, -0.1) is 11.3 Å². The molecule has 0 aliphatic heterocycles. The molecule has 4 heteroatoms. The number of halogens is 1. The first kappa shape index (κ1) is 15.6. The van der Waals surface area contributed by atoms with Crippen molar-refractivity contribution in [3.05, 3.63) is 56.7 Å². The highest BCUT2D eigenvalue weighted by Gasteiger charge is 2.51. The van der Waals surface area contributed by atoms with E-state index in [0.29, 0.717) is 5.02 Å². The summed E-state index contributed by atoms with van der Waals surface area (Å²) < 4.78 is 0. The van der Waals surface area contributed by atoms with Crippen LogP contribution in [0.4, 0.5) is 0 Å². The molecule has 1 heterocycles. The van der Waals surface area contributed by atoms with Crippen molar-refractivity contribution in [1.29, 1.82) is 0 Å². The standard InChI is InChI=1S/C18H20ClNOS/c1-12(11-16-8-3-13(2)22-16)20-17(21)18(9-10-18)14-4-6-15(19)7-5-14/h3-8,12H,9-11H2,1-2H3,(H,20,21). The van der Waals surface area contributed by atoms with Gasteiger partial charge in [-0.25, -0.2) is 0 Å². The lowest BCUT2D eigenvalue weighted by Gasteiger charge is -2.20. The van der Waals surface area contributed by atoms with E-state index >= 15 is 0 Å². The maximum Gasteiger partial charge on any atom is 0.230 e. The molecule has 1 fully saturated rings. The summed E-state index contributed by atoms with van der Waals surface area (Å²) >= 11 is 7.74. The van der Waals surface area contributed by atoms with Gasteiger partial charge >= 0.3 is 0 Å². The van der Waals surface area contributed by atoms with Gasteiger partial charge in [0.15, 0.2) is 0 Å². The molecule has 22 heavy (non-hydrogen) atoms. The normalized spacial score (nSPS) is 17.0. The molecule has 1 aliphatic carbocycles. The molecule has 1 N–H and O–H groups in total. The fraction of sp³-hybridized carbons (Fsp3) is 0.389. The Morgan fingerprint density at radius 3 is 2.50 bits per heavy atom. The average Bonchev–Trinajstić information content (AvgIpc) is 3.18. The molecular formula is C18H20ClNOS. The van der Waals surface area contributed by atoms with Crippen molar-refractivity contribution >= 4 is 28.8 Å². The number of carbonyl (C=O) groups is 1. The molecule has 3 rings (SSSR count). The summed E-state index contributed by atoms with van der Waals surface area (Å²) in [5.74, 6) is 0.149. The summed E-state index contributed by atoms with van der Waals surface area (Å²) in [4.78, 5) is 15.3. The van der Waals surface area contributed by atoms with Crippen LogP contribution in [0.2, 0.25) is 5.02 Å². The summed E-state index contributed by atoms with van der Waals surface area (Å²) in [6.45, 7) is 4.18. The minimum Gasteiger partial charge on any atom is -0.353 e. The molecule has 1 amide bonds. The summed E-state index contributed by atoms with van der Waals surface area (Å²) in [6.07, 6.45) is 2.73. The van der Waals surface area contributed by atoms with Crippen molar-refractivity contribution in [2.45, 2.75) is 44.6 Å². The van der Waals surface area contributed by atoms with Crippen molar-refractivity contribution in [2.24, 2.45) is 0 Å². The van der Waals surface area contributed by atoms with Crippen LogP contribution < -0.4 is 5.32 Å². The van der Waals surface area contributed by atoms with Gasteiger partial charge in [0.1, 0.15) is 0 Å². The van der Waals surface area contributed by atoms with Crippen molar-refractivity contribution in [3.63, 3.8) is 0 Å². The topological polar surface area (TPSA) is 29.1 Å². The fourth-order valence-corrected chi connectivity index (χ4v) is 4.00. The number of nitrogens with one attached hydrogen (secondary N) is 1. The van der Waals surface area contributed by atoms with Crippen LogP contribution >= 0.6 is 22.9 Å². The number of hydrogen-bond acceptors (Lipinski definition) is 2. The smallest absolute Gasteiger partial charge is 0.230 e. The van der Waals surface area contributed by atoms with E-state index in [1.165, 1.54) is 9.75 Å². The summed E-state index contributed by atoms with van der Waals surface area (Å²) in [5, 5.41) is 3.90. The Balaban J connectivity index is 1.65. The van der Waals surface area contributed by atoms with Crippen molar-refractivity contribution in [1.82, 2.24) is 5.32 Å². The van der Waals surface area contributed by atoms with Gasteiger partial charge in [0.2, 0.25) is 5.91 Å². The Morgan fingerprint density at radius 1 is 1.27 bits per heavy atom. The van der Waals surface area contributed by atoms with E-state index < -0.39 is 0 Å². The molecule has 1 aromatic heterocycles. The van der Waals surface area contributed by atoms with Gasteiger partial charge in [0, 0.05) is 27.2 Å². The van der Waals surface area contributed by atoms with Crippen LogP contribution in [-0.4, -0.2) is 11.9 Å². The molecule has 1 aromatic carbocycles. The van der Waals surface area contributed by atoms with Gasteiger partial charge in [-0.2, -0.15) is 0 Å². The minimum absolute atomic E-state index is 0.148. The largest absolute Gasteiger partial charge is 0.353 e. The fourth-order valence-electron chi connectivity index (χ4n) is 2.85. The van der Waals surface area contributed by atoms with Crippen LogP contribution in [0.15, 0.2) is 36.4 Å². The average molecular weight is 334 g/mol. The summed E-state index contributed by atoms with van der Waals surface area (Å²) in [7, 11) is 0. The first-order valence-electron chi connectivity index (χ1n) is 7.62. The lowest BCUT2D eigenvalue weighted by molar-refractivity contribution is -0.124. The maximum absolute atomic E-state index is 12.7. The van der Waals surface area contributed by atoms with Crippen molar-refractivity contribution in [2.75, 3.05) is 0 Å². The van der Waals surface area contributed by atoms with Crippen LogP contribution in [0.25, 0.3) is 0 Å². The summed E-state index contributed by atoms with van der Waals surface area (Å²) in [5.41, 5.74) is 0.748. The lowest BCUT2D eigenvalue weighted by Crippen LogP contribution is -2.41. The first-order valence-corrected chi connectivity index (χ1v) is 8.81. The molecule has 1 unspecified atom stereocenters. The summed E-state index contributed by atoms with van der Waals surface area (Å²) in [6, 6.07) is 12.1. The van der Waals surface area contributed by atoms with Gasteiger partial charge in [0.25, 0.3) is 0 Å². The lowest BCUT2D eigenvalue weighted by atomic mass is 9.94. The van der Waals surface area contributed by atoms with Crippen molar-refractivity contribution < 1.29 is 4.79 Å². The highest BCUT2D eigenvalue weighted by molar-refractivity contribution is 7.11. The maximum atomic E-state index is 12.7. The number of hydrogen-bond donors (Lipinski definition) is 1. The molecule has 1 saturated carbocycles. The minimum atomic E-state index is -0.329. The van der Waals surface area contributed by atoms with E-state index in [4.69, 9.17) is 11.6 Å². The third-order valence-electron chi connectivity index (χ3n) is 4.26. The van der Waals surface area contributed by atoms with Gasteiger partial charge < -0.3 is 5.32 Å². The third-order valence-corrected chi connectivity index (χ3v) is 5.54. The molecular weight excluding hydrogens is 314 g/mol. The Labute approximate surface area is 140 Å². The second-order valence-corrected chi connectivity index (χ2v) is 7.99. The molecule has 0 spiro atoms. The van der Waals surface area contributed by atoms with Gasteiger partial charge in [0.05, 0.1) is 5.41 Å². The zero-order valence-corrected chi connectivity index (χ0v) is 14.4. The van der Waals surface area contributed by atoms with Crippen LogP contribution in [-0.2, 0) is 16.6 Å². The quantitative estimate of drug-likeness (QED) is 0.858. The number of thiophene rings is 1. The molecule has 1 atom stereocenters. The molecule has 1 aliphatic rings. The zero-order valence-electron chi connectivity index (χ0n) is 12.9. The van der Waals surface area contributed by atoms with E-state index in [2.05, 4.69) is 31.3 Å². The Hall–Kier alpha value is -1.32. The molecule has 2 nitrogen and oxygen atoms in total. The van der Waals surface area contributed by atoms with Crippen molar-refractivity contribution in [3.8, 4) is 0 Å². The van der Waals surface area contributed by atoms with E-state index in [9.17, 15) is 4.79 Å². The van der Waals surface area contributed by atoms with E-state index in [1.54, 1.807) is 11.3 Å². The molecule has 0 radical (unpaired) electrons. The number of rotatable bonds is 5. The van der Waals surface area contributed by atoms with Gasteiger partial charge in [-0.1, -0.05) is 23.7 Å². The van der Waals surface area contributed by atoms with E-state index in [1.807, 2.05) is 24.3 Å².